The highest BCUT2D eigenvalue weighted by Gasteiger charge is 2.10. The Bertz CT molecular complexity index is 653. The van der Waals surface area contributed by atoms with Crippen LogP contribution in [0.5, 0.6) is 17.4 Å². The molecule has 19 heavy (non-hydrogen) atoms. The average molecular weight is 276 g/mol. The maximum Gasteiger partial charge on any atom is 0.242 e. The van der Waals surface area contributed by atoms with Crippen LogP contribution < -0.4 is 15.2 Å². The first-order valence-electron chi connectivity index (χ1n) is 5.31. The topological polar surface area (TPSA) is 81.2 Å². The number of anilines is 1. The molecule has 1 aromatic carbocycles. The number of halogens is 1. The quantitative estimate of drug-likeness (QED) is 0.931. The molecule has 2 rings (SSSR count). The predicted molar refractivity (Wildman–Crippen MR) is 71.4 cm³/mol. The molecule has 0 spiro atoms. The van der Waals surface area contributed by atoms with Gasteiger partial charge in [0.15, 0.2) is 11.5 Å². The van der Waals surface area contributed by atoms with E-state index in [4.69, 9.17) is 32.1 Å². The van der Waals surface area contributed by atoms with E-state index in [2.05, 4.69) is 4.98 Å². The summed E-state index contributed by atoms with van der Waals surface area (Å²) in [6, 6.07) is 8.36. The van der Waals surface area contributed by atoms with Gasteiger partial charge in [0.25, 0.3) is 0 Å². The molecule has 1 heterocycles. The Morgan fingerprint density at radius 2 is 2.11 bits per heavy atom. The lowest BCUT2D eigenvalue weighted by atomic mass is 10.2. The normalized spacial score (nSPS) is 9.74. The maximum atomic E-state index is 8.82. The summed E-state index contributed by atoms with van der Waals surface area (Å²) < 4.78 is 10.7. The summed E-state index contributed by atoms with van der Waals surface area (Å²) in [7, 11) is 1.49. The summed E-state index contributed by atoms with van der Waals surface area (Å²) >= 11 is 5.76. The van der Waals surface area contributed by atoms with Gasteiger partial charge in [-0.05, 0) is 18.2 Å². The highest BCUT2D eigenvalue weighted by molar-refractivity contribution is 6.30. The van der Waals surface area contributed by atoms with E-state index < -0.39 is 0 Å². The van der Waals surface area contributed by atoms with E-state index in [-0.39, 0.29) is 5.88 Å². The molecule has 2 aromatic rings. The van der Waals surface area contributed by atoms with Gasteiger partial charge in [-0.2, -0.15) is 5.26 Å². The Labute approximate surface area is 115 Å². The number of hydrogen-bond acceptors (Lipinski definition) is 5. The van der Waals surface area contributed by atoms with Crippen molar-refractivity contribution in [3.63, 3.8) is 0 Å². The summed E-state index contributed by atoms with van der Waals surface area (Å²) in [5, 5.41) is 9.25. The van der Waals surface area contributed by atoms with Crippen molar-refractivity contribution < 1.29 is 9.47 Å². The van der Waals surface area contributed by atoms with Gasteiger partial charge in [-0.15, -0.1) is 0 Å². The minimum atomic E-state index is 0.229. The number of benzene rings is 1. The molecule has 2 N–H and O–H groups in total. The van der Waals surface area contributed by atoms with E-state index in [1.54, 1.807) is 24.3 Å². The summed E-state index contributed by atoms with van der Waals surface area (Å²) in [6.07, 6.45) is 1.43. The Balaban J connectivity index is 2.35. The van der Waals surface area contributed by atoms with Crippen LogP contribution in [-0.4, -0.2) is 12.1 Å². The number of rotatable bonds is 3. The van der Waals surface area contributed by atoms with Gasteiger partial charge < -0.3 is 15.2 Å². The number of ether oxygens (including phenoxy) is 2. The molecule has 0 atom stereocenters. The van der Waals surface area contributed by atoms with Crippen LogP contribution in [0.2, 0.25) is 5.02 Å². The van der Waals surface area contributed by atoms with Gasteiger partial charge in [0, 0.05) is 12.3 Å². The molecule has 0 aliphatic heterocycles. The molecule has 96 valence electrons. The van der Waals surface area contributed by atoms with Crippen LogP contribution in [0.25, 0.3) is 0 Å². The second-order valence-electron chi connectivity index (χ2n) is 3.63. The smallest absolute Gasteiger partial charge is 0.242 e. The number of methoxy groups -OCH3 is 1. The predicted octanol–water partition coefficient (Wildman–Crippen LogP) is 2.99. The second kappa shape index (κ2) is 5.46. The highest BCUT2D eigenvalue weighted by atomic mass is 35.5. The molecule has 0 fully saturated rings. The molecular weight excluding hydrogens is 266 g/mol. The van der Waals surface area contributed by atoms with Crippen molar-refractivity contribution in [3.8, 4) is 23.4 Å². The first kappa shape index (κ1) is 13.0. The fourth-order valence-electron chi connectivity index (χ4n) is 1.45. The standard InChI is InChI=1S/C13H10ClN3O2/c1-18-12-4-8(6-15)2-3-11(12)19-13-10(16)5-9(14)7-17-13/h2-5,7H,16H2,1H3. The van der Waals surface area contributed by atoms with E-state index in [1.807, 2.05) is 6.07 Å². The van der Waals surface area contributed by atoms with Crippen molar-refractivity contribution >= 4 is 17.3 Å². The molecular formula is C13H10ClN3O2. The first-order chi connectivity index (χ1) is 9.13. The zero-order valence-corrected chi connectivity index (χ0v) is 10.8. The van der Waals surface area contributed by atoms with Gasteiger partial charge in [-0.25, -0.2) is 4.98 Å². The largest absolute Gasteiger partial charge is 0.493 e. The van der Waals surface area contributed by atoms with Crippen molar-refractivity contribution in [1.82, 2.24) is 4.98 Å². The third-order valence-corrected chi connectivity index (χ3v) is 2.55. The number of nitrogens with zero attached hydrogens (tertiary/aromatic N) is 2. The number of nitrogens with two attached hydrogens (primary N) is 1. The Hall–Kier alpha value is -2.45. The van der Waals surface area contributed by atoms with E-state index in [0.29, 0.717) is 27.8 Å². The van der Waals surface area contributed by atoms with Crippen molar-refractivity contribution in [1.29, 1.82) is 5.26 Å². The summed E-state index contributed by atoms with van der Waals surface area (Å²) in [5.41, 5.74) is 6.54. The SMILES string of the molecule is COc1cc(C#N)ccc1Oc1ncc(Cl)cc1N. The number of aromatic nitrogens is 1. The number of nitriles is 1. The monoisotopic (exact) mass is 275 g/mol. The van der Waals surface area contributed by atoms with E-state index in [0.717, 1.165) is 0 Å². The van der Waals surface area contributed by atoms with Crippen LogP contribution in [0.15, 0.2) is 30.5 Å². The minimum Gasteiger partial charge on any atom is -0.493 e. The van der Waals surface area contributed by atoms with E-state index in [9.17, 15) is 0 Å². The van der Waals surface area contributed by atoms with Gasteiger partial charge in [-0.1, -0.05) is 11.6 Å². The minimum absolute atomic E-state index is 0.229. The zero-order valence-electron chi connectivity index (χ0n) is 10.1. The summed E-state index contributed by atoms with van der Waals surface area (Å²) in [5.74, 6) is 1.07. The van der Waals surface area contributed by atoms with Gasteiger partial charge in [0.05, 0.1) is 29.5 Å². The third-order valence-electron chi connectivity index (χ3n) is 2.34. The third kappa shape index (κ3) is 2.87. The molecule has 0 radical (unpaired) electrons. The lowest BCUT2D eigenvalue weighted by Gasteiger charge is -2.11. The average Bonchev–Trinajstić information content (AvgIpc) is 2.42. The lowest BCUT2D eigenvalue weighted by Crippen LogP contribution is -1.97. The van der Waals surface area contributed by atoms with Gasteiger partial charge in [0.2, 0.25) is 5.88 Å². The molecule has 0 saturated heterocycles. The fraction of sp³-hybridized carbons (Fsp3) is 0.0769. The Kier molecular flexibility index (Phi) is 3.74. The molecule has 0 aliphatic rings. The van der Waals surface area contributed by atoms with Gasteiger partial charge in [0.1, 0.15) is 0 Å². The molecule has 0 unspecified atom stereocenters. The van der Waals surface area contributed by atoms with Crippen LogP contribution in [0.1, 0.15) is 5.56 Å². The number of pyridine rings is 1. The van der Waals surface area contributed by atoms with E-state index in [1.165, 1.54) is 13.3 Å². The maximum absolute atomic E-state index is 8.82. The molecule has 0 aliphatic carbocycles. The summed E-state index contributed by atoms with van der Waals surface area (Å²) in [6.45, 7) is 0. The van der Waals surface area contributed by atoms with Gasteiger partial charge in [-0.3, -0.25) is 0 Å². The molecule has 5 nitrogen and oxygen atoms in total. The molecule has 1 aromatic heterocycles. The van der Waals surface area contributed by atoms with Crippen molar-refractivity contribution in [3.05, 3.63) is 41.0 Å². The van der Waals surface area contributed by atoms with Crippen LogP contribution in [0, 0.1) is 11.3 Å². The van der Waals surface area contributed by atoms with Crippen LogP contribution in [0.3, 0.4) is 0 Å². The summed E-state index contributed by atoms with van der Waals surface area (Å²) in [4.78, 5) is 3.99. The first-order valence-corrected chi connectivity index (χ1v) is 5.69. The van der Waals surface area contributed by atoms with Crippen molar-refractivity contribution in [2.45, 2.75) is 0 Å². The fourth-order valence-corrected chi connectivity index (χ4v) is 1.62. The van der Waals surface area contributed by atoms with Crippen LogP contribution in [0.4, 0.5) is 5.69 Å². The molecule has 6 heteroatoms. The van der Waals surface area contributed by atoms with Crippen LogP contribution >= 0.6 is 11.6 Å². The molecule has 0 bridgehead atoms. The van der Waals surface area contributed by atoms with Gasteiger partial charge >= 0.3 is 0 Å². The Morgan fingerprint density at radius 3 is 2.74 bits per heavy atom. The second-order valence-corrected chi connectivity index (χ2v) is 4.06. The van der Waals surface area contributed by atoms with Crippen molar-refractivity contribution in [2.24, 2.45) is 0 Å². The number of nitrogen functional groups attached to an aromatic ring is 1. The molecule has 0 amide bonds. The lowest BCUT2D eigenvalue weighted by molar-refractivity contribution is 0.375. The zero-order chi connectivity index (χ0) is 13.8. The van der Waals surface area contributed by atoms with Crippen LogP contribution in [-0.2, 0) is 0 Å². The van der Waals surface area contributed by atoms with E-state index >= 15 is 0 Å². The molecule has 0 saturated carbocycles. The highest BCUT2D eigenvalue weighted by Crippen LogP contribution is 2.34. The Morgan fingerprint density at radius 1 is 1.32 bits per heavy atom. The number of hydrogen-bond donors (Lipinski definition) is 1. The van der Waals surface area contributed by atoms with Crippen molar-refractivity contribution in [2.75, 3.05) is 12.8 Å².